The van der Waals surface area contributed by atoms with Gasteiger partial charge in [-0.15, -0.1) is 0 Å². The molecule has 0 fully saturated rings. The van der Waals surface area contributed by atoms with Gasteiger partial charge in [0.1, 0.15) is 0 Å². The third kappa shape index (κ3) is 5.38. The molecule has 7 aromatic rings. The zero-order valence-electron chi connectivity index (χ0n) is 27.8. The number of hydrogen-bond acceptors (Lipinski definition) is 2. The molecule has 1 unspecified atom stereocenters. The van der Waals surface area contributed by atoms with E-state index in [0.717, 1.165) is 29.8 Å². The minimum absolute atomic E-state index is 0.116. The quantitative estimate of drug-likeness (QED) is 0.128. The van der Waals surface area contributed by atoms with Gasteiger partial charge in [-0.2, -0.15) is 0 Å². The van der Waals surface area contributed by atoms with Crippen LogP contribution >= 0.6 is 0 Å². The molecule has 2 nitrogen and oxygen atoms in total. The van der Waals surface area contributed by atoms with Gasteiger partial charge in [0.15, 0.2) is 0 Å². The van der Waals surface area contributed by atoms with E-state index in [4.69, 9.17) is 11.6 Å². The van der Waals surface area contributed by atoms with E-state index in [0.29, 0.717) is 0 Å². The molecule has 7 aromatic carbocycles. The van der Waals surface area contributed by atoms with Crippen LogP contribution in [0.3, 0.4) is 0 Å². The van der Waals surface area contributed by atoms with Crippen LogP contribution in [0.2, 0.25) is 0 Å². The molecule has 2 heteroatoms. The van der Waals surface area contributed by atoms with Crippen LogP contribution in [0.5, 0.6) is 0 Å². The van der Waals surface area contributed by atoms with Gasteiger partial charge in [0.25, 0.3) is 0 Å². The molecule has 0 bridgehead atoms. The average molecular weight is 621 g/mol. The molecule has 0 saturated heterocycles. The molecule has 0 N–H and O–H groups in total. The van der Waals surface area contributed by atoms with Crippen molar-refractivity contribution in [3.05, 3.63) is 168 Å². The number of benzene rings is 7. The van der Waals surface area contributed by atoms with E-state index in [2.05, 4.69) is 158 Å². The van der Waals surface area contributed by atoms with Gasteiger partial charge in [-0.05, 0) is 110 Å². The maximum absolute atomic E-state index is 4.82. The van der Waals surface area contributed by atoms with E-state index in [1.807, 2.05) is 0 Å². The van der Waals surface area contributed by atoms with E-state index in [1.54, 1.807) is 0 Å². The normalized spacial score (nSPS) is 14.4. The van der Waals surface area contributed by atoms with Crippen molar-refractivity contribution >= 4 is 60.1 Å². The van der Waals surface area contributed by atoms with E-state index in [-0.39, 0.29) is 6.04 Å². The molecular weight excluding hydrogens is 581 g/mol. The van der Waals surface area contributed by atoms with Crippen LogP contribution in [0.25, 0.3) is 54.4 Å². The number of fused-ring (bicyclic) bond motifs is 6. The molecular formula is C46H40N2. The van der Waals surface area contributed by atoms with Crippen molar-refractivity contribution in [3.63, 3.8) is 0 Å². The van der Waals surface area contributed by atoms with Gasteiger partial charge in [0.05, 0.1) is 6.04 Å². The molecule has 1 heterocycles. The standard InChI is InChI=1S/C46H40N2/c1-31(43-29-35-14-4-6-16-37(35)39-18-8-10-20-41(39)43)28-46(44-30-36-15-5-7-17-38(36)40-19-9-11-21-42(40)44)48(3)32(2)33-23-25-34(26-24-33)45-22-12-13-27-47-45/h4-11,14-21,23-26,28-30,32H,1,12-13,22,27H2,2-3H3/b46-28-. The van der Waals surface area contributed by atoms with Crippen molar-refractivity contribution in [1.82, 2.24) is 4.90 Å². The largest absolute Gasteiger partial charge is 0.367 e. The highest BCUT2D eigenvalue weighted by Gasteiger charge is 2.21. The van der Waals surface area contributed by atoms with Gasteiger partial charge in [0.2, 0.25) is 0 Å². The van der Waals surface area contributed by atoms with E-state index in [9.17, 15) is 0 Å². The summed E-state index contributed by atoms with van der Waals surface area (Å²) in [6, 6.07) is 48.8. The van der Waals surface area contributed by atoms with Crippen molar-refractivity contribution in [2.75, 3.05) is 13.6 Å². The fraction of sp³-hybridized carbons (Fsp3) is 0.152. The lowest BCUT2D eigenvalue weighted by molar-refractivity contribution is 0.382. The Morgan fingerprint density at radius 2 is 1.17 bits per heavy atom. The summed E-state index contributed by atoms with van der Waals surface area (Å²) in [6.07, 6.45) is 5.81. The third-order valence-electron chi connectivity index (χ3n) is 10.3. The summed E-state index contributed by atoms with van der Waals surface area (Å²) < 4.78 is 0. The Hall–Kier alpha value is -5.47. The lowest BCUT2D eigenvalue weighted by atomic mass is 9.91. The second kappa shape index (κ2) is 12.6. The first-order valence-electron chi connectivity index (χ1n) is 17.2. The van der Waals surface area contributed by atoms with Crippen molar-refractivity contribution in [2.45, 2.75) is 32.2 Å². The highest BCUT2D eigenvalue weighted by molar-refractivity contribution is 6.14. The molecule has 0 radical (unpaired) electrons. The average Bonchev–Trinajstić information content (AvgIpc) is 3.16. The second-order valence-corrected chi connectivity index (χ2v) is 13.1. The minimum Gasteiger partial charge on any atom is -0.367 e. The van der Waals surface area contributed by atoms with E-state index < -0.39 is 0 Å². The SMILES string of the molecule is C=C(/C=C(/c1cc2ccccc2c2ccccc12)N(C)C(C)c1ccc(C2=NCCCC2)cc1)c1cc2ccccc2c2ccccc12. The Bertz CT molecular complexity index is 2390. The molecule has 0 aliphatic carbocycles. The number of hydrogen-bond donors (Lipinski definition) is 0. The number of allylic oxidation sites excluding steroid dienone is 2. The zero-order valence-corrected chi connectivity index (χ0v) is 27.8. The first kappa shape index (κ1) is 29.9. The first-order chi connectivity index (χ1) is 23.6. The minimum atomic E-state index is 0.116. The fourth-order valence-corrected chi connectivity index (χ4v) is 7.52. The smallest absolute Gasteiger partial charge is 0.0511 e. The maximum atomic E-state index is 4.82. The van der Waals surface area contributed by atoms with Crippen LogP contribution in [0.4, 0.5) is 0 Å². The van der Waals surface area contributed by atoms with E-state index >= 15 is 0 Å². The van der Waals surface area contributed by atoms with Gasteiger partial charge in [-0.3, -0.25) is 4.99 Å². The Kier molecular flexibility index (Phi) is 7.86. The number of rotatable bonds is 7. The first-order valence-corrected chi connectivity index (χ1v) is 17.2. The topological polar surface area (TPSA) is 15.6 Å². The Morgan fingerprint density at radius 1 is 0.646 bits per heavy atom. The molecule has 1 aliphatic rings. The summed E-state index contributed by atoms with van der Waals surface area (Å²) in [5.74, 6) is 0. The Labute approximate surface area is 283 Å². The molecule has 48 heavy (non-hydrogen) atoms. The lowest BCUT2D eigenvalue weighted by Gasteiger charge is -2.31. The van der Waals surface area contributed by atoms with Gasteiger partial charge >= 0.3 is 0 Å². The molecule has 0 aromatic heterocycles. The van der Waals surface area contributed by atoms with Crippen molar-refractivity contribution < 1.29 is 0 Å². The van der Waals surface area contributed by atoms with Gasteiger partial charge in [-0.1, -0.05) is 128 Å². The summed E-state index contributed by atoms with van der Waals surface area (Å²) in [7, 11) is 2.23. The Balaban J connectivity index is 1.29. The van der Waals surface area contributed by atoms with E-state index in [1.165, 1.54) is 78.3 Å². The molecule has 8 rings (SSSR count). The predicted octanol–water partition coefficient (Wildman–Crippen LogP) is 12.0. The van der Waals surface area contributed by atoms with Crippen molar-refractivity contribution in [1.29, 1.82) is 0 Å². The molecule has 0 spiro atoms. The summed E-state index contributed by atoms with van der Waals surface area (Å²) in [5.41, 5.74) is 8.28. The van der Waals surface area contributed by atoms with Crippen molar-refractivity contribution in [3.8, 4) is 0 Å². The molecule has 0 amide bonds. The summed E-state index contributed by atoms with van der Waals surface area (Å²) in [5, 5.41) is 9.97. The van der Waals surface area contributed by atoms with Gasteiger partial charge < -0.3 is 4.90 Å². The second-order valence-electron chi connectivity index (χ2n) is 13.1. The van der Waals surface area contributed by atoms with Crippen LogP contribution in [0.1, 0.15) is 54.5 Å². The summed E-state index contributed by atoms with van der Waals surface area (Å²) in [4.78, 5) is 7.25. The molecule has 1 atom stereocenters. The van der Waals surface area contributed by atoms with Crippen LogP contribution in [-0.4, -0.2) is 24.2 Å². The van der Waals surface area contributed by atoms with Gasteiger partial charge in [0, 0.05) is 30.6 Å². The highest BCUT2D eigenvalue weighted by Crippen LogP contribution is 2.39. The van der Waals surface area contributed by atoms with Crippen LogP contribution < -0.4 is 0 Å². The maximum Gasteiger partial charge on any atom is 0.0511 e. The monoisotopic (exact) mass is 620 g/mol. The summed E-state index contributed by atoms with van der Waals surface area (Å²) >= 11 is 0. The van der Waals surface area contributed by atoms with Crippen LogP contribution in [-0.2, 0) is 0 Å². The molecule has 0 saturated carbocycles. The third-order valence-corrected chi connectivity index (χ3v) is 10.3. The number of aliphatic imine (C=N–C) groups is 1. The van der Waals surface area contributed by atoms with Crippen LogP contribution in [0, 0.1) is 0 Å². The molecule has 234 valence electrons. The lowest BCUT2D eigenvalue weighted by Crippen LogP contribution is -2.21. The molecule has 1 aliphatic heterocycles. The van der Waals surface area contributed by atoms with Crippen molar-refractivity contribution in [2.24, 2.45) is 4.99 Å². The van der Waals surface area contributed by atoms with Gasteiger partial charge in [-0.25, -0.2) is 0 Å². The van der Waals surface area contributed by atoms with Crippen LogP contribution in [0.15, 0.2) is 151 Å². The zero-order chi connectivity index (χ0) is 32.6. The Morgan fingerprint density at radius 3 is 1.75 bits per heavy atom. The number of nitrogens with zero attached hydrogens (tertiary/aromatic N) is 2. The predicted molar refractivity (Wildman–Crippen MR) is 208 cm³/mol. The summed E-state index contributed by atoms with van der Waals surface area (Å²) in [6.45, 7) is 8.00. The fourth-order valence-electron chi connectivity index (χ4n) is 7.52. The highest BCUT2D eigenvalue weighted by atomic mass is 15.1.